The summed E-state index contributed by atoms with van der Waals surface area (Å²) in [7, 11) is 1.70. The second-order valence-corrected chi connectivity index (χ2v) is 2.95. The first-order chi connectivity index (χ1) is 6.86. The summed E-state index contributed by atoms with van der Waals surface area (Å²) in [5.41, 5.74) is 1.40. The van der Waals surface area contributed by atoms with Crippen molar-refractivity contribution in [3.63, 3.8) is 0 Å². The summed E-state index contributed by atoms with van der Waals surface area (Å²) in [6.45, 7) is 6.21. The minimum atomic E-state index is 0.940. The fourth-order valence-electron chi connectivity index (χ4n) is 1.17. The van der Waals surface area contributed by atoms with E-state index >= 15 is 0 Å². The van der Waals surface area contributed by atoms with Crippen LogP contribution >= 0.6 is 0 Å². The van der Waals surface area contributed by atoms with Crippen LogP contribution in [0.5, 0.6) is 5.75 Å². The van der Waals surface area contributed by atoms with Crippen LogP contribution in [0.1, 0.15) is 39.2 Å². The molecule has 0 saturated carbocycles. The molecule has 0 N–H and O–H groups in total. The van der Waals surface area contributed by atoms with E-state index in [4.69, 9.17) is 4.74 Å². The van der Waals surface area contributed by atoms with Gasteiger partial charge in [-0.15, -0.1) is 0 Å². The molecule has 0 fully saturated rings. The van der Waals surface area contributed by atoms with E-state index in [0.717, 1.165) is 5.75 Å². The summed E-state index contributed by atoms with van der Waals surface area (Å²) in [5.74, 6) is 0.940. The zero-order valence-corrected chi connectivity index (χ0v) is 9.84. The third-order valence-corrected chi connectivity index (χ3v) is 1.98. The number of unbranched alkanes of at least 4 members (excludes halogenated alkanes) is 1. The molecule has 1 aromatic rings. The van der Waals surface area contributed by atoms with Crippen molar-refractivity contribution >= 4 is 0 Å². The molecule has 0 unspecified atom stereocenters. The lowest BCUT2D eigenvalue weighted by atomic mass is 10.1. The maximum absolute atomic E-state index is 5.07. The molecule has 1 nitrogen and oxygen atoms in total. The van der Waals surface area contributed by atoms with Crippen LogP contribution < -0.4 is 4.74 Å². The molecule has 0 radical (unpaired) electrons. The minimum Gasteiger partial charge on any atom is -0.497 e. The Morgan fingerprint density at radius 2 is 1.64 bits per heavy atom. The van der Waals surface area contributed by atoms with Gasteiger partial charge in [-0.05, 0) is 30.5 Å². The number of hydrogen-bond acceptors (Lipinski definition) is 1. The van der Waals surface area contributed by atoms with Crippen molar-refractivity contribution in [3.8, 4) is 5.75 Å². The standard InChI is InChI=1S/C11H16O.C2H6/c1-3-4-5-10-6-8-11(12-2)9-7-10;1-2/h6-9H,3-5H2,1-2H3;1-2H3. The number of methoxy groups -OCH3 is 1. The highest BCUT2D eigenvalue weighted by molar-refractivity contribution is 5.27. The van der Waals surface area contributed by atoms with Crippen LogP contribution in [0, 0.1) is 0 Å². The van der Waals surface area contributed by atoms with E-state index in [1.165, 1.54) is 24.8 Å². The molecule has 0 aliphatic rings. The van der Waals surface area contributed by atoms with Gasteiger partial charge in [0, 0.05) is 0 Å². The van der Waals surface area contributed by atoms with Gasteiger partial charge >= 0.3 is 0 Å². The number of ether oxygens (including phenoxy) is 1. The molecule has 0 heterocycles. The zero-order chi connectivity index (χ0) is 10.8. The highest BCUT2D eigenvalue weighted by atomic mass is 16.5. The maximum atomic E-state index is 5.07. The number of hydrogen-bond donors (Lipinski definition) is 0. The number of benzene rings is 1. The molecule has 0 atom stereocenters. The Kier molecular flexibility index (Phi) is 8.01. The van der Waals surface area contributed by atoms with Crippen LogP contribution in [0.2, 0.25) is 0 Å². The summed E-state index contributed by atoms with van der Waals surface area (Å²) in [5, 5.41) is 0. The highest BCUT2D eigenvalue weighted by Crippen LogP contribution is 2.12. The van der Waals surface area contributed by atoms with Crippen LogP contribution in [0.4, 0.5) is 0 Å². The van der Waals surface area contributed by atoms with E-state index in [2.05, 4.69) is 19.1 Å². The third kappa shape index (κ3) is 4.90. The van der Waals surface area contributed by atoms with E-state index in [-0.39, 0.29) is 0 Å². The Hall–Kier alpha value is -0.980. The van der Waals surface area contributed by atoms with Crippen molar-refractivity contribution in [1.29, 1.82) is 0 Å². The van der Waals surface area contributed by atoms with Gasteiger partial charge in [0.25, 0.3) is 0 Å². The second-order valence-electron chi connectivity index (χ2n) is 2.95. The molecule has 0 aromatic heterocycles. The first-order valence-corrected chi connectivity index (χ1v) is 5.49. The Morgan fingerprint density at radius 1 is 1.07 bits per heavy atom. The maximum Gasteiger partial charge on any atom is 0.118 e. The SMILES string of the molecule is CC.CCCCc1ccc(OC)cc1. The van der Waals surface area contributed by atoms with Gasteiger partial charge in [-0.25, -0.2) is 0 Å². The molecule has 0 spiro atoms. The molecule has 80 valence electrons. The van der Waals surface area contributed by atoms with Gasteiger partial charge in [0.2, 0.25) is 0 Å². The lowest BCUT2D eigenvalue weighted by Gasteiger charge is -2.01. The van der Waals surface area contributed by atoms with E-state index in [9.17, 15) is 0 Å². The summed E-state index contributed by atoms with van der Waals surface area (Å²) in [6.07, 6.45) is 3.71. The molecule has 1 aromatic carbocycles. The molecule has 0 amide bonds. The quantitative estimate of drug-likeness (QED) is 0.702. The van der Waals surface area contributed by atoms with Gasteiger partial charge < -0.3 is 4.74 Å². The predicted octanol–water partition coefficient (Wildman–Crippen LogP) is 4.06. The Labute approximate surface area is 88.1 Å². The van der Waals surface area contributed by atoms with Crippen LogP contribution in [-0.2, 0) is 6.42 Å². The van der Waals surface area contributed by atoms with Crippen LogP contribution in [0.3, 0.4) is 0 Å². The molecular weight excluding hydrogens is 172 g/mol. The highest BCUT2D eigenvalue weighted by Gasteiger charge is 1.92. The summed E-state index contributed by atoms with van der Waals surface area (Å²) in [4.78, 5) is 0. The molecule has 0 aliphatic carbocycles. The Balaban J connectivity index is 0.000000791. The van der Waals surface area contributed by atoms with Gasteiger partial charge in [-0.2, -0.15) is 0 Å². The van der Waals surface area contributed by atoms with Crippen molar-refractivity contribution in [2.75, 3.05) is 7.11 Å². The lowest BCUT2D eigenvalue weighted by Crippen LogP contribution is -1.86. The monoisotopic (exact) mass is 194 g/mol. The van der Waals surface area contributed by atoms with Gasteiger partial charge in [0.05, 0.1) is 7.11 Å². The molecule has 0 bridgehead atoms. The Morgan fingerprint density at radius 3 is 2.07 bits per heavy atom. The van der Waals surface area contributed by atoms with Crippen LogP contribution in [-0.4, -0.2) is 7.11 Å². The summed E-state index contributed by atoms with van der Waals surface area (Å²) < 4.78 is 5.07. The van der Waals surface area contributed by atoms with Crippen LogP contribution in [0.25, 0.3) is 0 Å². The first-order valence-electron chi connectivity index (χ1n) is 5.49. The topological polar surface area (TPSA) is 9.23 Å². The number of rotatable bonds is 4. The lowest BCUT2D eigenvalue weighted by molar-refractivity contribution is 0.414. The fraction of sp³-hybridized carbons (Fsp3) is 0.538. The van der Waals surface area contributed by atoms with Crippen molar-refractivity contribution in [2.45, 2.75) is 40.0 Å². The van der Waals surface area contributed by atoms with Crippen molar-refractivity contribution in [1.82, 2.24) is 0 Å². The smallest absolute Gasteiger partial charge is 0.118 e. The van der Waals surface area contributed by atoms with Gasteiger partial charge in [0.1, 0.15) is 5.75 Å². The van der Waals surface area contributed by atoms with Gasteiger partial charge in [-0.1, -0.05) is 39.3 Å². The third-order valence-electron chi connectivity index (χ3n) is 1.98. The van der Waals surface area contributed by atoms with Crippen molar-refractivity contribution < 1.29 is 4.74 Å². The molecule has 0 saturated heterocycles. The summed E-state index contributed by atoms with van der Waals surface area (Å²) >= 11 is 0. The zero-order valence-electron chi connectivity index (χ0n) is 9.84. The average molecular weight is 194 g/mol. The van der Waals surface area contributed by atoms with E-state index in [1.807, 2.05) is 26.0 Å². The average Bonchev–Trinajstić information content (AvgIpc) is 2.30. The van der Waals surface area contributed by atoms with E-state index in [0.29, 0.717) is 0 Å². The fourth-order valence-corrected chi connectivity index (χ4v) is 1.17. The van der Waals surface area contributed by atoms with Crippen molar-refractivity contribution in [2.24, 2.45) is 0 Å². The van der Waals surface area contributed by atoms with E-state index in [1.54, 1.807) is 7.11 Å². The molecule has 14 heavy (non-hydrogen) atoms. The second kappa shape index (κ2) is 8.61. The number of aryl methyl sites for hydroxylation is 1. The summed E-state index contributed by atoms with van der Waals surface area (Å²) in [6, 6.07) is 8.30. The van der Waals surface area contributed by atoms with Crippen molar-refractivity contribution in [3.05, 3.63) is 29.8 Å². The minimum absolute atomic E-state index is 0.940. The Bertz CT molecular complexity index is 213. The van der Waals surface area contributed by atoms with Crippen LogP contribution in [0.15, 0.2) is 24.3 Å². The largest absolute Gasteiger partial charge is 0.497 e. The van der Waals surface area contributed by atoms with Gasteiger partial charge in [0.15, 0.2) is 0 Å². The predicted molar refractivity (Wildman–Crippen MR) is 63.0 cm³/mol. The molecule has 1 rings (SSSR count). The van der Waals surface area contributed by atoms with Gasteiger partial charge in [-0.3, -0.25) is 0 Å². The molecular formula is C13H22O. The van der Waals surface area contributed by atoms with E-state index < -0.39 is 0 Å². The first kappa shape index (κ1) is 13.0. The molecule has 1 heteroatoms. The molecule has 0 aliphatic heterocycles. The normalized spacial score (nSPS) is 8.86.